The zero-order valence-electron chi connectivity index (χ0n) is 12.8. The van der Waals surface area contributed by atoms with E-state index in [1.807, 2.05) is 0 Å². The summed E-state index contributed by atoms with van der Waals surface area (Å²) < 4.78 is 34.7. The fourth-order valence-corrected chi connectivity index (χ4v) is 4.38. The molecule has 4 nitrogen and oxygen atoms in total. The van der Waals surface area contributed by atoms with Crippen molar-refractivity contribution in [3.63, 3.8) is 0 Å². The molecule has 0 spiro atoms. The van der Waals surface area contributed by atoms with Crippen LogP contribution in [0.5, 0.6) is 5.75 Å². The summed E-state index contributed by atoms with van der Waals surface area (Å²) in [4.78, 5) is 0.162. The van der Waals surface area contributed by atoms with Crippen LogP contribution < -0.4 is 4.74 Å². The van der Waals surface area contributed by atoms with Crippen LogP contribution in [0.2, 0.25) is 0 Å². The fourth-order valence-electron chi connectivity index (χ4n) is 2.76. The zero-order valence-corrected chi connectivity index (χ0v) is 14.3. The lowest BCUT2D eigenvalue weighted by Gasteiger charge is -2.19. The maximum absolute atomic E-state index is 11.5. The Hall–Kier alpha value is -0.780. The molecule has 0 saturated carbocycles. The highest BCUT2D eigenvalue weighted by Gasteiger charge is 2.32. The number of halogens is 1. The average molecular weight is 333 g/mol. The van der Waals surface area contributed by atoms with E-state index >= 15 is 0 Å². The van der Waals surface area contributed by atoms with Crippen molar-refractivity contribution in [3.8, 4) is 5.75 Å². The van der Waals surface area contributed by atoms with Crippen molar-refractivity contribution in [3.05, 3.63) is 23.3 Å². The van der Waals surface area contributed by atoms with E-state index in [9.17, 15) is 8.42 Å². The smallest absolute Gasteiger partial charge is 0.261 e. The molecular weight excluding hydrogens is 312 g/mol. The molecule has 1 saturated heterocycles. The third-order valence-corrected chi connectivity index (χ3v) is 5.26. The van der Waals surface area contributed by atoms with Crippen molar-refractivity contribution in [2.24, 2.45) is 0 Å². The van der Waals surface area contributed by atoms with E-state index in [-0.39, 0.29) is 16.6 Å². The van der Waals surface area contributed by atoms with Crippen LogP contribution in [0.3, 0.4) is 0 Å². The van der Waals surface area contributed by atoms with Gasteiger partial charge in [-0.2, -0.15) is 0 Å². The number of ether oxygens (including phenoxy) is 2. The van der Waals surface area contributed by atoms with Crippen LogP contribution in [0.4, 0.5) is 0 Å². The number of hydrogen-bond acceptors (Lipinski definition) is 4. The Labute approximate surface area is 130 Å². The van der Waals surface area contributed by atoms with Gasteiger partial charge >= 0.3 is 0 Å². The summed E-state index contributed by atoms with van der Waals surface area (Å²) >= 11 is 0. The molecule has 1 heterocycles. The summed E-state index contributed by atoms with van der Waals surface area (Å²) in [6, 6.07) is 3.39. The molecule has 0 aromatic heterocycles. The number of benzene rings is 1. The molecule has 1 atom stereocenters. The van der Waals surface area contributed by atoms with E-state index in [0.29, 0.717) is 23.5 Å². The van der Waals surface area contributed by atoms with Crippen molar-refractivity contribution >= 4 is 19.7 Å². The molecule has 1 aromatic carbocycles. The lowest BCUT2D eigenvalue weighted by Crippen LogP contribution is -2.23. The molecule has 0 bridgehead atoms. The Morgan fingerprint density at radius 2 is 1.90 bits per heavy atom. The van der Waals surface area contributed by atoms with E-state index in [0.717, 1.165) is 12.8 Å². The normalized spacial score (nSPS) is 21.5. The first-order chi connectivity index (χ1) is 9.58. The van der Waals surface area contributed by atoms with Gasteiger partial charge in [-0.3, -0.25) is 0 Å². The first-order valence-electron chi connectivity index (χ1n) is 6.95. The molecule has 2 rings (SSSR count). The molecule has 1 aliphatic rings. The molecule has 1 aromatic rings. The van der Waals surface area contributed by atoms with Crippen LogP contribution >= 0.6 is 10.7 Å². The van der Waals surface area contributed by atoms with Crippen LogP contribution in [-0.4, -0.2) is 26.7 Å². The van der Waals surface area contributed by atoms with Crippen LogP contribution in [0.1, 0.15) is 37.8 Å². The Bertz CT molecular complexity index is 614. The van der Waals surface area contributed by atoms with E-state index < -0.39 is 9.05 Å². The molecule has 0 radical (unpaired) electrons. The molecular formula is C15H21ClO4S. The van der Waals surface area contributed by atoms with Gasteiger partial charge in [-0.15, -0.1) is 0 Å². The Morgan fingerprint density at radius 3 is 2.33 bits per heavy atom. The summed E-state index contributed by atoms with van der Waals surface area (Å²) in [7, 11) is 1.71. The van der Waals surface area contributed by atoms with Gasteiger partial charge in [0.1, 0.15) is 12.4 Å². The topological polar surface area (TPSA) is 52.6 Å². The molecule has 1 fully saturated rings. The lowest BCUT2D eigenvalue weighted by molar-refractivity contribution is -0.0326. The average Bonchev–Trinajstić information content (AvgIpc) is 2.63. The second-order valence-corrected chi connectivity index (χ2v) is 8.68. The van der Waals surface area contributed by atoms with Gasteiger partial charge in [0.25, 0.3) is 9.05 Å². The fraction of sp³-hybridized carbons (Fsp3) is 0.600. The summed E-state index contributed by atoms with van der Waals surface area (Å²) in [6.45, 7) is 8.03. The second-order valence-electron chi connectivity index (χ2n) is 6.17. The maximum Gasteiger partial charge on any atom is 0.261 e. The van der Waals surface area contributed by atoms with Gasteiger partial charge in [0, 0.05) is 10.7 Å². The largest absolute Gasteiger partial charge is 0.491 e. The summed E-state index contributed by atoms with van der Waals surface area (Å²) in [6.07, 6.45) is 2.07. The van der Waals surface area contributed by atoms with E-state index in [1.165, 1.54) is 0 Å². The number of hydrogen-bond donors (Lipinski definition) is 0. The highest BCUT2D eigenvalue weighted by molar-refractivity contribution is 8.13. The van der Waals surface area contributed by atoms with E-state index in [4.69, 9.17) is 20.2 Å². The van der Waals surface area contributed by atoms with Gasteiger partial charge in [-0.25, -0.2) is 8.42 Å². The first kappa shape index (κ1) is 16.6. The van der Waals surface area contributed by atoms with Gasteiger partial charge < -0.3 is 9.47 Å². The minimum absolute atomic E-state index is 0.0806. The lowest BCUT2D eigenvalue weighted by atomic mass is 10.1. The molecule has 21 heavy (non-hydrogen) atoms. The van der Waals surface area contributed by atoms with Crippen LogP contribution in [0.15, 0.2) is 17.0 Å². The maximum atomic E-state index is 11.5. The zero-order chi connectivity index (χ0) is 15.8. The van der Waals surface area contributed by atoms with Gasteiger partial charge in [-0.1, -0.05) is 0 Å². The van der Waals surface area contributed by atoms with E-state index in [2.05, 4.69) is 13.8 Å². The van der Waals surface area contributed by atoms with Crippen molar-refractivity contribution < 1.29 is 17.9 Å². The molecule has 1 aliphatic heterocycles. The SMILES string of the molecule is Cc1cc(OCC2CCC(C)(C)O2)cc(C)c1S(=O)(=O)Cl. The van der Waals surface area contributed by atoms with Gasteiger partial charge in [0.2, 0.25) is 0 Å². The highest BCUT2D eigenvalue weighted by atomic mass is 35.7. The Morgan fingerprint density at radius 1 is 1.33 bits per heavy atom. The highest BCUT2D eigenvalue weighted by Crippen LogP contribution is 2.31. The molecule has 0 N–H and O–H groups in total. The van der Waals surface area contributed by atoms with Crippen molar-refractivity contribution in [1.82, 2.24) is 0 Å². The minimum Gasteiger partial charge on any atom is -0.491 e. The Kier molecular flexibility index (Phi) is 4.57. The van der Waals surface area contributed by atoms with Gasteiger partial charge in [-0.05, 0) is 63.8 Å². The Balaban J connectivity index is 2.09. The third-order valence-electron chi connectivity index (χ3n) is 3.67. The van der Waals surface area contributed by atoms with Gasteiger partial charge in [0.15, 0.2) is 0 Å². The molecule has 1 unspecified atom stereocenters. The first-order valence-corrected chi connectivity index (χ1v) is 9.26. The van der Waals surface area contributed by atoms with Gasteiger partial charge in [0.05, 0.1) is 16.6 Å². The summed E-state index contributed by atoms with van der Waals surface area (Å²) in [5.74, 6) is 0.641. The predicted octanol–water partition coefficient (Wildman–Crippen LogP) is 3.57. The van der Waals surface area contributed by atoms with Crippen molar-refractivity contribution in [2.75, 3.05) is 6.61 Å². The summed E-state index contributed by atoms with van der Waals surface area (Å²) in [5, 5.41) is 0. The second kappa shape index (κ2) is 5.78. The number of rotatable bonds is 4. The molecule has 118 valence electrons. The quantitative estimate of drug-likeness (QED) is 0.791. The minimum atomic E-state index is -3.73. The van der Waals surface area contributed by atoms with Crippen LogP contribution in [0.25, 0.3) is 0 Å². The van der Waals surface area contributed by atoms with E-state index in [1.54, 1.807) is 26.0 Å². The van der Waals surface area contributed by atoms with Crippen molar-refractivity contribution in [1.29, 1.82) is 0 Å². The van der Waals surface area contributed by atoms with Crippen LogP contribution in [-0.2, 0) is 13.8 Å². The molecule has 6 heteroatoms. The standard InChI is InChI=1S/C15H21ClO4S/c1-10-7-13(8-11(2)14(10)21(16,17)18)19-9-12-5-6-15(3,4)20-12/h7-8,12H,5-6,9H2,1-4H3. The number of aryl methyl sites for hydroxylation is 2. The monoisotopic (exact) mass is 332 g/mol. The van der Waals surface area contributed by atoms with Crippen molar-refractivity contribution in [2.45, 2.75) is 57.1 Å². The molecule has 0 aliphatic carbocycles. The predicted molar refractivity (Wildman–Crippen MR) is 82.6 cm³/mol. The summed E-state index contributed by atoms with van der Waals surface area (Å²) in [5.41, 5.74) is 1.09. The van der Waals surface area contributed by atoms with Crippen LogP contribution in [0, 0.1) is 13.8 Å². The molecule has 0 amide bonds. The third kappa shape index (κ3) is 4.11.